The third-order valence-corrected chi connectivity index (χ3v) is 1.98. The molecule has 1 heterocycles. The number of nitrogens with zero attached hydrogens (tertiary/aromatic N) is 3. The lowest BCUT2D eigenvalue weighted by molar-refractivity contribution is -0.392. The highest BCUT2D eigenvalue weighted by Crippen LogP contribution is 2.18. The molecule has 11 heteroatoms. The lowest BCUT2D eigenvalue weighted by Crippen LogP contribution is -2.35. The molecule has 0 aliphatic carbocycles. The highest BCUT2D eigenvalue weighted by Gasteiger charge is 2.29. The summed E-state index contributed by atoms with van der Waals surface area (Å²) < 4.78 is 48.5. The molecule has 0 radical (unpaired) electrons. The zero-order valence-corrected chi connectivity index (χ0v) is 9.28. The fourth-order valence-electron chi connectivity index (χ4n) is 1.25. The number of hydrogen-bond acceptors (Lipinski definition) is 4. The summed E-state index contributed by atoms with van der Waals surface area (Å²) in [4.78, 5) is 24.2. The van der Waals surface area contributed by atoms with Gasteiger partial charge in [0.05, 0.1) is 0 Å². The van der Waals surface area contributed by atoms with E-state index in [1.165, 1.54) is 5.32 Å². The van der Waals surface area contributed by atoms with Crippen LogP contribution in [0.5, 0.6) is 0 Å². The van der Waals surface area contributed by atoms with E-state index in [1.54, 1.807) is 0 Å². The van der Waals surface area contributed by atoms with E-state index in [2.05, 4.69) is 4.98 Å². The maximum atomic E-state index is 12.4. The van der Waals surface area contributed by atoms with Crippen molar-refractivity contribution in [1.82, 2.24) is 14.9 Å². The van der Waals surface area contributed by atoms with Crippen LogP contribution in [0.3, 0.4) is 0 Å². The number of alkyl halides is 4. The number of nitro groups is 1. The zero-order valence-electron chi connectivity index (χ0n) is 9.28. The summed E-state index contributed by atoms with van der Waals surface area (Å²) in [6.07, 6.45) is -3.76. The van der Waals surface area contributed by atoms with Crippen LogP contribution >= 0.6 is 0 Å². The fraction of sp³-hybridized carbons (Fsp3) is 0.500. The molecule has 0 aromatic carbocycles. The molecule has 1 N–H and O–H groups in total. The molecule has 1 amide bonds. The van der Waals surface area contributed by atoms with Crippen LogP contribution in [0.1, 0.15) is 5.69 Å². The molecule has 1 aromatic heterocycles. The van der Waals surface area contributed by atoms with Crippen LogP contribution in [0.4, 0.5) is 23.4 Å². The summed E-state index contributed by atoms with van der Waals surface area (Å²) in [6, 6.07) is 0. The summed E-state index contributed by atoms with van der Waals surface area (Å²) in [7, 11) is 0. The Hall–Kier alpha value is -2.20. The topological polar surface area (TPSA) is 90.1 Å². The van der Waals surface area contributed by atoms with Crippen LogP contribution in [-0.4, -0.2) is 33.1 Å². The number of nitrogens with one attached hydrogen (secondary N) is 1. The number of hydrogen-bond donors (Lipinski definition) is 1. The molecule has 0 saturated carbocycles. The van der Waals surface area contributed by atoms with Crippen molar-refractivity contribution in [3.63, 3.8) is 0 Å². The lowest BCUT2D eigenvalue weighted by Gasteiger charge is -2.07. The molecule has 0 atom stereocenters. The molecule has 7 nitrogen and oxygen atoms in total. The maximum absolute atomic E-state index is 12.4. The van der Waals surface area contributed by atoms with Gasteiger partial charge in [-0.2, -0.15) is 13.2 Å². The fourth-order valence-corrected chi connectivity index (χ4v) is 1.25. The van der Waals surface area contributed by atoms with Gasteiger partial charge in [0, 0.05) is 0 Å². The lowest BCUT2D eigenvalue weighted by atomic mass is 10.4. The molecule has 0 unspecified atom stereocenters. The van der Waals surface area contributed by atoms with Crippen molar-refractivity contribution in [3.05, 3.63) is 22.1 Å². The normalized spacial score (nSPS) is 11.4. The average Bonchev–Trinajstić information content (AvgIpc) is 2.68. The smallest absolute Gasteiger partial charge is 0.358 e. The Bertz CT molecular complexity index is 485. The van der Waals surface area contributed by atoms with Crippen molar-refractivity contribution in [1.29, 1.82) is 0 Å². The van der Waals surface area contributed by atoms with Crippen molar-refractivity contribution in [2.24, 2.45) is 0 Å². The van der Waals surface area contributed by atoms with E-state index < -0.39 is 48.3 Å². The molecule has 1 aromatic rings. The first-order valence-corrected chi connectivity index (χ1v) is 4.82. The molecule has 19 heavy (non-hydrogen) atoms. The summed E-state index contributed by atoms with van der Waals surface area (Å²) in [5.41, 5.74) is -0.492. The van der Waals surface area contributed by atoms with Gasteiger partial charge in [-0.25, -0.2) is 13.9 Å². The first-order chi connectivity index (χ1) is 8.74. The molecular weight excluding hydrogens is 276 g/mol. The Morgan fingerprint density at radius 3 is 2.63 bits per heavy atom. The Balaban J connectivity index is 2.75. The van der Waals surface area contributed by atoms with E-state index in [-0.39, 0.29) is 0 Å². The Morgan fingerprint density at radius 2 is 2.16 bits per heavy atom. The second-order valence-corrected chi connectivity index (χ2v) is 3.43. The van der Waals surface area contributed by atoms with Gasteiger partial charge in [0.15, 0.2) is 18.6 Å². The third-order valence-electron chi connectivity index (χ3n) is 1.98. The number of aromatic nitrogens is 2. The summed E-state index contributed by atoms with van der Waals surface area (Å²) in [5.74, 6) is -1.85. The van der Waals surface area contributed by atoms with Gasteiger partial charge in [-0.1, -0.05) is 0 Å². The highest BCUT2D eigenvalue weighted by molar-refractivity contribution is 5.76. The second kappa shape index (κ2) is 5.63. The van der Waals surface area contributed by atoms with Gasteiger partial charge in [-0.15, -0.1) is 0 Å². The van der Waals surface area contributed by atoms with Gasteiger partial charge in [-0.3, -0.25) is 4.79 Å². The zero-order chi connectivity index (χ0) is 14.6. The molecule has 106 valence electrons. The summed E-state index contributed by atoms with van der Waals surface area (Å²) >= 11 is 0. The summed E-state index contributed by atoms with van der Waals surface area (Å²) in [5, 5.41) is 12.2. The van der Waals surface area contributed by atoms with Crippen LogP contribution < -0.4 is 5.32 Å². The van der Waals surface area contributed by atoms with E-state index >= 15 is 0 Å². The van der Waals surface area contributed by atoms with Gasteiger partial charge in [0.2, 0.25) is 0 Å². The molecule has 0 bridgehead atoms. The number of carbonyl (C=O) groups is 1. The van der Waals surface area contributed by atoms with Crippen molar-refractivity contribution in [2.45, 2.75) is 19.4 Å². The minimum atomic E-state index is -4.58. The Morgan fingerprint density at radius 1 is 1.53 bits per heavy atom. The molecule has 0 aliphatic rings. The van der Waals surface area contributed by atoms with Gasteiger partial charge >= 0.3 is 12.0 Å². The standard InChI is InChI=1S/C8H8F4N4O3/c9-1-5-7(16(18)19)15(4-14-5)2-6(17)13-3-8(10,11)12/h4H,1-3H2,(H,13,17). The molecule has 0 aliphatic heterocycles. The maximum Gasteiger partial charge on any atom is 0.405 e. The van der Waals surface area contributed by atoms with Crippen molar-refractivity contribution >= 4 is 11.7 Å². The molecule has 0 spiro atoms. The largest absolute Gasteiger partial charge is 0.405 e. The average molecular weight is 284 g/mol. The number of imidazole rings is 1. The molecular formula is C8H8F4N4O3. The van der Waals surface area contributed by atoms with Gasteiger partial charge in [0.25, 0.3) is 5.91 Å². The molecule has 0 fully saturated rings. The molecule has 1 rings (SSSR count). The number of halogens is 4. The van der Waals surface area contributed by atoms with Crippen molar-refractivity contribution in [2.75, 3.05) is 6.54 Å². The van der Waals surface area contributed by atoms with E-state index in [0.717, 1.165) is 6.33 Å². The molecule has 0 saturated heterocycles. The van der Waals surface area contributed by atoms with Gasteiger partial charge in [0.1, 0.15) is 13.2 Å². The van der Waals surface area contributed by atoms with Crippen molar-refractivity contribution in [3.8, 4) is 0 Å². The first-order valence-electron chi connectivity index (χ1n) is 4.82. The van der Waals surface area contributed by atoms with E-state index in [0.29, 0.717) is 4.57 Å². The van der Waals surface area contributed by atoms with E-state index in [4.69, 9.17) is 0 Å². The number of carbonyl (C=O) groups excluding carboxylic acids is 1. The van der Waals surface area contributed by atoms with Gasteiger partial charge < -0.3 is 15.4 Å². The Kier molecular flexibility index (Phi) is 4.40. The first kappa shape index (κ1) is 14.9. The Labute approximate surface area is 103 Å². The van der Waals surface area contributed by atoms with Crippen LogP contribution in [-0.2, 0) is 18.0 Å². The van der Waals surface area contributed by atoms with Gasteiger partial charge in [-0.05, 0) is 4.92 Å². The SMILES string of the molecule is O=C(Cn1cnc(CF)c1[N+](=O)[O-])NCC(F)(F)F. The second-order valence-electron chi connectivity index (χ2n) is 3.43. The number of amides is 1. The predicted molar refractivity (Wildman–Crippen MR) is 52.8 cm³/mol. The van der Waals surface area contributed by atoms with Crippen LogP contribution in [0.15, 0.2) is 6.33 Å². The quantitative estimate of drug-likeness (QED) is 0.495. The highest BCUT2D eigenvalue weighted by atomic mass is 19.4. The predicted octanol–water partition coefficient (Wildman–Crippen LogP) is 0.939. The van der Waals surface area contributed by atoms with Crippen LogP contribution in [0.25, 0.3) is 0 Å². The number of rotatable bonds is 5. The monoisotopic (exact) mass is 284 g/mol. The minimum Gasteiger partial charge on any atom is -0.358 e. The van der Waals surface area contributed by atoms with E-state index in [9.17, 15) is 32.5 Å². The minimum absolute atomic E-state index is 0.492. The van der Waals surface area contributed by atoms with Crippen molar-refractivity contribution < 1.29 is 27.3 Å². The van der Waals surface area contributed by atoms with E-state index in [1.807, 2.05) is 0 Å². The van der Waals surface area contributed by atoms with Crippen LogP contribution in [0.2, 0.25) is 0 Å². The third kappa shape index (κ3) is 4.19. The summed E-state index contributed by atoms with van der Waals surface area (Å²) in [6.45, 7) is -3.52. The van der Waals surface area contributed by atoms with Crippen LogP contribution in [0, 0.1) is 10.1 Å².